The second kappa shape index (κ2) is 7.52. The number of nitro benzene ring substituents is 1. The predicted octanol–water partition coefficient (Wildman–Crippen LogP) is 2.76. The highest BCUT2D eigenvalue weighted by Gasteiger charge is 2.19. The van der Waals surface area contributed by atoms with Gasteiger partial charge in [-0.25, -0.2) is 0 Å². The van der Waals surface area contributed by atoms with Crippen molar-refractivity contribution in [3.63, 3.8) is 0 Å². The van der Waals surface area contributed by atoms with Crippen molar-refractivity contribution >= 4 is 5.69 Å². The van der Waals surface area contributed by atoms with Gasteiger partial charge in [-0.1, -0.05) is 12.1 Å². The van der Waals surface area contributed by atoms with Crippen molar-refractivity contribution in [1.29, 1.82) is 0 Å². The van der Waals surface area contributed by atoms with Crippen LogP contribution < -0.4 is 0 Å². The molecule has 116 valence electrons. The Balaban J connectivity index is 1.76. The molecule has 1 fully saturated rings. The molecule has 5 nitrogen and oxygen atoms in total. The van der Waals surface area contributed by atoms with Crippen LogP contribution in [0.4, 0.5) is 5.69 Å². The Morgan fingerprint density at radius 2 is 1.86 bits per heavy atom. The van der Waals surface area contributed by atoms with Crippen molar-refractivity contribution in [2.45, 2.75) is 25.8 Å². The summed E-state index contributed by atoms with van der Waals surface area (Å²) in [5, 5.41) is 10.6. The van der Waals surface area contributed by atoms with E-state index in [0.29, 0.717) is 0 Å². The summed E-state index contributed by atoms with van der Waals surface area (Å²) in [5.41, 5.74) is 1.33. The number of rotatable bonds is 6. The van der Waals surface area contributed by atoms with Crippen LogP contribution in [0.3, 0.4) is 0 Å². The number of hydrogen-bond acceptors (Lipinski definition) is 4. The van der Waals surface area contributed by atoms with E-state index in [1.165, 1.54) is 25.8 Å². The zero-order valence-corrected chi connectivity index (χ0v) is 13.0. The van der Waals surface area contributed by atoms with E-state index in [4.69, 9.17) is 0 Å². The highest BCUT2D eigenvalue weighted by atomic mass is 16.6. The van der Waals surface area contributed by atoms with Crippen LogP contribution in [0.1, 0.15) is 24.8 Å². The minimum Gasteiger partial charge on any atom is -0.309 e. The van der Waals surface area contributed by atoms with Gasteiger partial charge in [-0.2, -0.15) is 0 Å². The third-order valence-electron chi connectivity index (χ3n) is 4.25. The lowest BCUT2D eigenvalue weighted by atomic mass is 9.93. The van der Waals surface area contributed by atoms with Crippen LogP contribution in [0.2, 0.25) is 0 Å². The van der Waals surface area contributed by atoms with Crippen LogP contribution in [0, 0.1) is 16.0 Å². The molecule has 21 heavy (non-hydrogen) atoms. The lowest BCUT2D eigenvalue weighted by Crippen LogP contribution is -2.34. The SMILES string of the molecule is CN(C)CCC1CCN(Cc2ccc([N+](=O)[O-])cc2)CC1. The van der Waals surface area contributed by atoms with E-state index in [9.17, 15) is 10.1 Å². The van der Waals surface area contributed by atoms with Crippen LogP contribution in [-0.4, -0.2) is 48.5 Å². The second-order valence-electron chi connectivity index (χ2n) is 6.24. The molecule has 0 unspecified atom stereocenters. The molecule has 2 rings (SSSR count). The molecule has 0 N–H and O–H groups in total. The summed E-state index contributed by atoms with van der Waals surface area (Å²) in [7, 11) is 4.26. The molecule has 1 saturated heterocycles. The first-order valence-electron chi connectivity index (χ1n) is 7.65. The number of piperidine rings is 1. The van der Waals surface area contributed by atoms with E-state index in [-0.39, 0.29) is 10.6 Å². The van der Waals surface area contributed by atoms with Gasteiger partial charge in [0.2, 0.25) is 0 Å². The number of nitro groups is 1. The van der Waals surface area contributed by atoms with Gasteiger partial charge < -0.3 is 4.90 Å². The van der Waals surface area contributed by atoms with Crippen molar-refractivity contribution in [2.24, 2.45) is 5.92 Å². The Morgan fingerprint density at radius 3 is 2.38 bits per heavy atom. The van der Waals surface area contributed by atoms with Gasteiger partial charge in [-0.15, -0.1) is 0 Å². The number of nitrogens with zero attached hydrogens (tertiary/aromatic N) is 3. The molecule has 0 amide bonds. The van der Waals surface area contributed by atoms with Crippen molar-refractivity contribution in [2.75, 3.05) is 33.7 Å². The molecule has 0 bridgehead atoms. The predicted molar refractivity (Wildman–Crippen MR) is 84.3 cm³/mol. The summed E-state index contributed by atoms with van der Waals surface area (Å²) in [6.07, 6.45) is 3.82. The molecule has 0 spiro atoms. The molecular weight excluding hydrogens is 266 g/mol. The van der Waals surface area contributed by atoms with Gasteiger partial charge in [0.15, 0.2) is 0 Å². The fourth-order valence-corrected chi connectivity index (χ4v) is 2.86. The molecule has 5 heteroatoms. The van der Waals surface area contributed by atoms with Gasteiger partial charge in [0.25, 0.3) is 5.69 Å². The largest absolute Gasteiger partial charge is 0.309 e. The average Bonchev–Trinajstić information content (AvgIpc) is 2.47. The molecule has 1 heterocycles. The first-order valence-corrected chi connectivity index (χ1v) is 7.65. The van der Waals surface area contributed by atoms with Crippen LogP contribution in [-0.2, 0) is 6.54 Å². The highest BCUT2D eigenvalue weighted by molar-refractivity contribution is 5.32. The molecule has 0 radical (unpaired) electrons. The van der Waals surface area contributed by atoms with Gasteiger partial charge in [0.1, 0.15) is 0 Å². The van der Waals surface area contributed by atoms with Gasteiger partial charge in [-0.05, 0) is 64.5 Å². The smallest absolute Gasteiger partial charge is 0.269 e. The minimum atomic E-state index is -0.347. The van der Waals surface area contributed by atoms with Gasteiger partial charge in [0, 0.05) is 18.7 Å². The standard InChI is InChI=1S/C16H25N3O2/c1-17(2)10-7-14-8-11-18(12-9-14)13-15-3-5-16(6-4-15)19(20)21/h3-6,14H,7-13H2,1-2H3. The lowest BCUT2D eigenvalue weighted by molar-refractivity contribution is -0.384. The zero-order valence-electron chi connectivity index (χ0n) is 13.0. The van der Waals surface area contributed by atoms with Crippen molar-refractivity contribution in [3.8, 4) is 0 Å². The van der Waals surface area contributed by atoms with Crippen molar-refractivity contribution in [3.05, 3.63) is 39.9 Å². The quantitative estimate of drug-likeness (QED) is 0.597. The maximum absolute atomic E-state index is 10.6. The monoisotopic (exact) mass is 291 g/mol. The van der Waals surface area contributed by atoms with Gasteiger partial charge in [-0.3, -0.25) is 15.0 Å². The molecule has 1 aromatic rings. The fraction of sp³-hybridized carbons (Fsp3) is 0.625. The molecule has 1 aromatic carbocycles. The Labute approximate surface area is 126 Å². The highest BCUT2D eigenvalue weighted by Crippen LogP contribution is 2.22. The van der Waals surface area contributed by atoms with Crippen LogP contribution in [0.5, 0.6) is 0 Å². The van der Waals surface area contributed by atoms with Crippen LogP contribution in [0.15, 0.2) is 24.3 Å². The van der Waals surface area contributed by atoms with Crippen molar-refractivity contribution < 1.29 is 4.92 Å². The van der Waals surface area contributed by atoms with Crippen LogP contribution in [0.25, 0.3) is 0 Å². The lowest BCUT2D eigenvalue weighted by Gasteiger charge is -2.32. The molecule has 0 atom stereocenters. The number of hydrogen-bond donors (Lipinski definition) is 0. The summed E-state index contributed by atoms with van der Waals surface area (Å²) in [5.74, 6) is 0.848. The first-order chi connectivity index (χ1) is 10.0. The maximum Gasteiger partial charge on any atom is 0.269 e. The summed E-state index contributed by atoms with van der Waals surface area (Å²) in [4.78, 5) is 15.0. The van der Waals surface area contributed by atoms with E-state index in [0.717, 1.165) is 31.1 Å². The summed E-state index contributed by atoms with van der Waals surface area (Å²) >= 11 is 0. The number of likely N-dealkylation sites (tertiary alicyclic amines) is 1. The zero-order chi connectivity index (χ0) is 15.2. The summed E-state index contributed by atoms with van der Waals surface area (Å²) in [6, 6.07) is 6.94. The maximum atomic E-state index is 10.6. The normalized spacial score (nSPS) is 17.3. The molecule has 0 aliphatic carbocycles. The summed E-state index contributed by atoms with van der Waals surface area (Å²) in [6.45, 7) is 4.34. The Hall–Kier alpha value is -1.46. The summed E-state index contributed by atoms with van der Waals surface area (Å²) < 4.78 is 0. The Morgan fingerprint density at radius 1 is 1.24 bits per heavy atom. The third kappa shape index (κ3) is 5.10. The molecule has 0 saturated carbocycles. The Kier molecular flexibility index (Phi) is 5.70. The van der Waals surface area contributed by atoms with E-state index in [1.54, 1.807) is 12.1 Å². The average molecular weight is 291 g/mol. The number of non-ortho nitro benzene ring substituents is 1. The minimum absolute atomic E-state index is 0.168. The number of benzene rings is 1. The molecular formula is C16H25N3O2. The molecule has 1 aliphatic heterocycles. The Bertz CT molecular complexity index is 451. The topological polar surface area (TPSA) is 49.6 Å². The van der Waals surface area contributed by atoms with Gasteiger partial charge in [0.05, 0.1) is 4.92 Å². The van der Waals surface area contributed by atoms with Gasteiger partial charge >= 0.3 is 0 Å². The molecule has 1 aliphatic rings. The van der Waals surface area contributed by atoms with Crippen molar-refractivity contribution in [1.82, 2.24) is 9.80 Å². The van der Waals surface area contributed by atoms with E-state index in [1.807, 2.05) is 12.1 Å². The first kappa shape index (κ1) is 15.9. The van der Waals surface area contributed by atoms with E-state index < -0.39 is 0 Å². The third-order valence-corrected chi connectivity index (χ3v) is 4.25. The fourth-order valence-electron chi connectivity index (χ4n) is 2.86. The molecule has 0 aromatic heterocycles. The second-order valence-corrected chi connectivity index (χ2v) is 6.24. The van der Waals surface area contributed by atoms with E-state index in [2.05, 4.69) is 23.9 Å². The van der Waals surface area contributed by atoms with Crippen LogP contribution >= 0.6 is 0 Å². The van der Waals surface area contributed by atoms with E-state index >= 15 is 0 Å².